The Kier molecular flexibility index (Phi) is 3.01. The molecule has 1 heterocycles. The van der Waals surface area contributed by atoms with Crippen LogP contribution < -0.4 is 5.56 Å². The van der Waals surface area contributed by atoms with Gasteiger partial charge in [-0.3, -0.25) is 4.79 Å². The minimum Gasteiger partial charge on any atom is -0.506 e. The first-order chi connectivity index (χ1) is 7.66. The van der Waals surface area contributed by atoms with Crippen LogP contribution in [0.1, 0.15) is 5.69 Å². The number of benzene rings is 1. The molecule has 0 saturated carbocycles. The van der Waals surface area contributed by atoms with Gasteiger partial charge in [0.05, 0.1) is 0 Å². The topological polar surface area (TPSA) is 53.1 Å². The van der Waals surface area contributed by atoms with E-state index < -0.39 is 0 Å². The molecule has 1 aromatic heterocycles. The molecule has 1 aromatic carbocycles. The number of aromatic hydroxyl groups is 1. The van der Waals surface area contributed by atoms with Crippen molar-refractivity contribution in [2.24, 2.45) is 0 Å². The molecule has 82 valence electrons. The molecule has 0 unspecified atom stereocenters. The Bertz CT molecular complexity index is 549. The fourth-order valence-electron chi connectivity index (χ4n) is 1.36. The van der Waals surface area contributed by atoms with Gasteiger partial charge in [0.25, 0.3) is 5.56 Å². The largest absolute Gasteiger partial charge is 0.506 e. The maximum Gasteiger partial charge on any atom is 0.265 e. The Morgan fingerprint density at radius 3 is 2.56 bits per heavy atom. The van der Waals surface area contributed by atoms with E-state index in [2.05, 4.69) is 4.98 Å². The minimum absolute atomic E-state index is 0.0232. The van der Waals surface area contributed by atoms with E-state index in [4.69, 9.17) is 0 Å². The van der Waals surface area contributed by atoms with E-state index in [0.717, 1.165) is 4.90 Å². The summed E-state index contributed by atoms with van der Waals surface area (Å²) in [4.78, 5) is 15.5. The van der Waals surface area contributed by atoms with E-state index in [9.17, 15) is 9.90 Å². The molecule has 0 aliphatic carbocycles. The van der Waals surface area contributed by atoms with Gasteiger partial charge in [-0.25, -0.2) is 0 Å². The summed E-state index contributed by atoms with van der Waals surface area (Å²) < 4.78 is 0. The summed E-state index contributed by atoms with van der Waals surface area (Å²) in [7, 11) is 0. The molecule has 0 aliphatic heterocycles. The number of pyridine rings is 1. The second kappa shape index (κ2) is 4.45. The van der Waals surface area contributed by atoms with E-state index in [0.29, 0.717) is 10.6 Å². The van der Waals surface area contributed by atoms with Crippen LogP contribution in [0.5, 0.6) is 5.75 Å². The molecule has 0 amide bonds. The van der Waals surface area contributed by atoms with Crippen LogP contribution in [0.4, 0.5) is 0 Å². The molecule has 0 saturated heterocycles. The van der Waals surface area contributed by atoms with Crippen molar-refractivity contribution in [1.82, 2.24) is 4.98 Å². The lowest BCUT2D eigenvalue weighted by Crippen LogP contribution is -2.09. The number of aryl methyl sites for hydroxylation is 1. The van der Waals surface area contributed by atoms with Crippen LogP contribution in [0.3, 0.4) is 0 Å². The van der Waals surface area contributed by atoms with Crippen molar-refractivity contribution >= 4 is 11.8 Å². The molecule has 0 spiro atoms. The van der Waals surface area contributed by atoms with Gasteiger partial charge in [-0.05, 0) is 19.1 Å². The number of aromatic amines is 1. The summed E-state index contributed by atoms with van der Waals surface area (Å²) in [6, 6.07) is 11.0. The van der Waals surface area contributed by atoms with E-state index in [1.807, 2.05) is 30.3 Å². The molecule has 16 heavy (non-hydrogen) atoms. The van der Waals surface area contributed by atoms with Gasteiger partial charge in [0.2, 0.25) is 0 Å². The molecule has 2 aromatic rings. The fourth-order valence-corrected chi connectivity index (χ4v) is 2.20. The summed E-state index contributed by atoms with van der Waals surface area (Å²) in [6.45, 7) is 1.73. The van der Waals surface area contributed by atoms with Crippen molar-refractivity contribution in [2.75, 3.05) is 0 Å². The molecule has 0 fully saturated rings. The Labute approximate surface area is 97.2 Å². The predicted molar refractivity (Wildman–Crippen MR) is 64.0 cm³/mol. The number of H-pyrrole nitrogens is 1. The van der Waals surface area contributed by atoms with Crippen LogP contribution >= 0.6 is 11.8 Å². The van der Waals surface area contributed by atoms with E-state index in [-0.39, 0.29) is 11.3 Å². The van der Waals surface area contributed by atoms with Crippen molar-refractivity contribution in [3.8, 4) is 5.75 Å². The van der Waals surface area contributed by atoms with Gasteiger partial charge in [-0.1, -0.05) is 30.0 Å². The Hall–Kier alpha value is -1.68. The highest BCUT2D eigenvalue weighted by Gasteiger charge is 2.08. The minimum atomic E-state index is -0.258. The van der Waals surface area contributed by atoms with Crippen LogP contribution in [0.15, 0.2) is 51.0 Å². The number of rotatable bonds is 2. The first-order valence-corrected chi connectivity index (χ1v) is 5.64. The maximum absolute atomic E-state index is 11.6. The number of aromatic nitrogens is 1. The van der Waals surface area contributed by atoms with Crippen LogP contribution in [0, 0.1) is 6.92 Å². The average Bonchev–Trinajstić information content (AvgIpc) is 2.25. The van der Waals surface area contributed by atoms with Crippen LogP contribution in [-0.2, 0) is 0 Å². The molecular weight excluding hydrogens is 222 g/mol. The molecule has 2 rings (SSSR count). The quantitative estimate of drug-likeness (QED) is 0.838. The lowest BCUT2D eigenvalue weighted by atomic mass is 10.3. The van der Waals surface area contributed by atoms with Gasteiger partial charge in [0.1, 0.15) is 10.6 Å². The van der Waals surface area contributed by atoms with Crippen LogP contribution in [-0.4, -0.2) is 10.1 Å². The summed E-state index contributed by atoms with van der Waals surface area (Å²) in [6.07, 6.45) is 0. The van der Waals surface area contributed by atoms with Gasteiger partial charge in [-0.15, -0.1) is 0 Å². The maximum atomic E-state index is 11.6. The van der Waals surface area contributed by atoms with Crippen LogP contribution in [0.2, 0.25) is 0 Å². The Balaban J connectivity index is 2.39. The Morgan fingerprint density at radius 1 is 1.25 bits per heavy atom. The molecule has 0 aliphatic rings. The van der Waals surface area contributed by atoms with Gasteiger partial charge < -0.3 is 10.1 Å². The summed E-state index contributed by atoms with van der Waals surface area (Å²) >= 11 is 1.26. The predicted octanol–water partition coefficient (Wildman–Crippen LogP) is 2.54. The standard InChI is InChI=1S/C12H11NO2S/c1-8-7-10(14)11(12(15)13-8)16-9-5-3-2-4-6-9/h2-7H,1H3,(H2,13,14,15). The normalized spacial score (nSPS) is 10.3. The lowest BCUT2D eigenvalue weighted by Gasteiger charge is -2.04. The van der Waals surface area contributed by atoms with E-state index in [1.165, 1.54) is 11.8 Å². The van der Waals surface area contributed by atoms with Crippen molar-refractivity contribution in [3.63, 3.8) is 0 Å². The van der Waals surface area contributed by atoms with Gasteiger partial charge in [0, 0.05) is 16.7 Å². The second-order valence-corrected chi connectivity index (χ2v) is 4.49. The van der Waals surface area contributed by atoms with Crippen LogP contribution in [0.25, 0.3) is 0 Å². The summed E-state index contributed by atoms with van der Waals surface area (Å²) in [5.74, 6) is 0.0232. The Morgan fingerprint density at radius 2 is 1.94 bits per heavy atom. The molecule has 0 atom stereocenters. The number of nitrogens with one attached hydrogen (secondary N) is 1. The number of hydrogen-bond donors (Lipinski definition) is 2. The zero-order valence-electron chi connectivity index (χ0n) is 8.73. The van der Waals surface area contributed by atoms with Crippen molar-refractivity contribution in [2.45, 2.75) is 16.7 Å². The van der Waals surface area contributed by atoms with Crippen molar-refractivity contribution in [3.05, 3.63) is 52.4 Å². The molecule has 2 N–H and O–H groups in total. The zero-order valence-corrected chi connectivity index (χ0v) is 9.54. The van der Waals surface area contributed by atoms with Crippen molar-refractivity contribution < 1.29 is 5.11 Å². The summed E-state index contributed by atoms with van der Waals surface area (Å²) in [5, 5.41) is 9.69. The van der Waals surface area contributed by atoms with Gasteiger partial charge >= 0.3 is 0 Å². The molecule has 4 heteroatoms. The van der Waals surface area contributed by atoms with Gasteiger partial charge in [0.15, 0.2) is 0 Å². The molecule has 0 radical (unpaired) electrons. The van der Waals surface area contributed by atoms with Crippen molar-refractivity contribution in [1.29, 1.82) is 0 Å². The highest BCUT2D eigenvalue weighted by Crippen LogP contribution is 2.30. The first kappa shape index (κ1) is 10.8. The van der Waals surface area contributed by atoms with E-state index >= 15 is 0 Å². The SMILES string of the molecule is Cc1cc(O)c(Sc2ccccc2)c(=O)[nH]1. The lowest BCUT2D eigenvalue weighted by molar-refractivity contribution is 0.459. The third-order valence-electron chi connectivity index (χ3n) is 2.07. The average molecular weight is 233 g/mol. The fraction of sp³-hybridized carbons (Fsp3) is 0.0833. The second-order valence-electron chi connectivity index (χ2n) is 3.41. The smallest absolute Gasteiger partial charge is 0.265 e. The molecule has 3 nitrogen and oxygen atoms in total. The molecular formula is C12H11NO2S. The zero-order chi connectivity index (χ0) is 11.5. The van der Waals surface area contributed by atoms with E-state index in [1.54, 1.807) is 13.0 Å². The first-order valence-electron chi connectivity index (χ1n) is 4.82. The third kappa shape index (κ3) is 2.28. The highest BCUT2D eigenvalue weighted by atomic mass is 32.2. The third-order valence-corrected chi connectivity index (χ3v) is 3.17. The van der Waals surface area contributed by atoms with Gasteiger partial charge in [-0.2, -0.15) is 0 Å². The summed E-state index contributed by atoms with van der Waals surface area (Å²) in [5.41, 5.74) is 0.395. The highest BCUT2D eigenvalue weighted by molar-refractivity contribution is 7.99. The monoisotopic (exact) mass is 233 g/mol. The molecule has 0 bridgehead atoms. The number of hydrogen-bond acceptors (Lipinski definition) is 3.